The molecule has 2 N–H and O–H groups in total. The second kappa shape index (κ2) is 4.93. The molecule has 0 aromatic carbocycles. The van der Waals surface area contributed by atoms with Crippen molar-refractivity contribution in [1.82, 2.24) is 5.32 Å². The van der Waals surface area contributed by atoms with Crippen molar-refractivity contribution < 1.29 is 14.7 Å². The van der Waals surface area contributed by atoms with Gasteiger partial charge in [0.2, 0.25) is 5.91 Å². The lowest BCUT2D eigenvalue weighted by molar-refractivity contribution is -0.124. The molecule has 4 heteroatoms. The molecular weight excluding hydrogens is 134 g/mol. The van der Waals surface area contributed by atoms with Crippen molar-refractivity contribution in [3.63, 3.8) is 0 Å². The van der Waals surface area contributed by atoms with Crippen molar-refractivity contribution in [2.75, 3.05) is 6.61 Å². The van der Waals surface area contributed by atoms with Crippen LogP contribution in [0.4, 0.5) is 0 Å². The highest BCUT2D eigenvalue weighted by Crippen LogP contribution is 1.79. The van der Waals surface area contributed by atoms with Crippen LogP contribution in [-0.2, 0) is 9.59 Å². The van der Waals surface area contributed by atoms with Crippen LogP contribution in [0.2, 0.25) is 0 Å². The van der Waals surface area contributed by atoms with Gasteiger partial charge in [-0.1, -0.05) is 6.92 Å². The van der Waals surface area contributed by atoms with Gasteiger partial charge in [0.05, 0.1) is 6.61 Å². The Morgan fingerprint density at radius 2 is 2.40 bits per heavy atom. The van der Waals surface area contributed by atoms with Crippen molar-refractivity contribution in [3.8, 4) is 0 Å². The zero-order valence-corrected chi connectivity index (χ0v) is 5.83. The molecule has 0 aliphatic rings. The van der Waals surface area contributed by atoms with E-state index in [0.29, 0.717) is 12.7 Å². The van der Waals surface area contributed by atoms with Gasteiger partial charge >= 0.3 is 0 Å². The van der Waals surface area contributed by atoms with Gasteiger partial charge in [0.1, 0.15) is 12.3 Å². The summed E-state index contributed by atoms with van der Waals surface area (Å²) in [6, 6.07) is -0.743. The summed E-state index contributed by atoms with van der Waals surface area (Å²) in [5, 5.41) is 10.7. The molecule has 10 heavy (non-hydrogen) atoms. The number of carbonyl (C=O) groups excluding carboxylic acids is 2. The van der Waals surface area contributed by atoms with E-state index in [1.165, 1.54) is 0 Å². The number of hydrogen-bond acceptors (Lipinski definition) is 3. The Labute approximate surface area is 59.2 Å². The summed E-state index contributed by atoms with van der Waals surface area (Å²) in [5.41, 5.74) is 0. The summed E-state index contributed by atoms with van der Waals surface area (Å²) in [7, 11) is 0. The van der Waals surface area contributed by atoms with Crippen LogP contribution < -0.4 is 5.32 Å². The second-order valence-electron chi connectivity index (χ2n) is 1.85. The Bertz CT molecular complexity index is 124. The minimum absolute atomic E-state index is 0.230. The number of amides is 1. The number of aliphatic hydroxyl groups is 1. The maximum atomic E-state index is 10.6. The molecule has 0 aromatic heterocycles. The van der Waals surface area contributed by atoms with Crippen LogP contribution in [-0.4, -0.2) is 29.9 Å². The van der Waals surface area contributed by atoms with Crippen LogP contribution in [0.3, 0.4) is 0 Å². The van der Waals surface area contributed by atoms with Crippen LogP contribution >= 0.6 is 0 Å². The topological polar surface area (TPSA) is 66.4 Å². The van der Waals surface area contributed by atoms with E-state index in [-0.39, 0.29) is 12.5 Å². The molecule has 0 radical (unpaired) electrons. The average Bonchev–Trinajstić information content (AvgIpc) is 1.99. The first kappa shape index (κ1) is 9.10. The number of aldehydes is 1. The highest BCUT2D eigenvalue weighted by molar-refractivity contribution is 5.79. The summed E-state index contributed by atoms with van der Waals surface area (Å²) >= 11 is 0. The number of nitrogens with one attached hydrogen (secondary N) is 1. The molecule has 0 saturated heterocycles. The maximum Gasteiger partial charge on any atom is 0.220 e. The van der Waals surface area contributed by atoms with Gasteiger partial charge in [-0.2, -0.15) is 0 Å². The molecule has 1 unspecified atom stereocenters. The van der Waals surface area contributed by atoms with Gasteiger partial charge < -0.3 is 15.2 Å². The maximum absolute atomic E-state index is 10.6. The molecule has 0 fully saturated rings. The van der Waals surface area contributed by atoms with E-state index in [1.54, 1.807) is 6.92 Å². The minimum atomic E-state index is -0.743. The lowest BCUT2D eigenvalue weighted by Gasteiger charge is -2.06. The van der Waals surface area contributed by atoms with Gasteiger partial charge in [0, 0.05) is 6.42 Å². The Hall–Kier alpha value is -0.900. The quantitative estimate of drug-likeness (QED) is 0.502. The first-order valence-corrected chi connectivity index (χ1v) is 3.10. The van der Waals surface area contributed by atoms with Crippen molar-refractivity contribution in [2.45, 2.75) is 19.4 Å². The number of hydrogen-bond donors (Lipinski definition) is 2. The predicted molar refractivity (Wildman–Crippen MR) is 35.4 cm³/mol. The zero-order valence-electron chi connectivity index (χ0n) is 5.83. The highest BCUT2D eigenvalue weighted by atomic mass is 16.3. The fourth-order valence-corrected chi connectivity index (χ4v) is 0.432. The summed E-state index contributed by atoms with van der Waals surface area (Å²) in [4.78, 5) is 20.6. The third kappa shape index (κ3) is 3.19. The molecule has 0 aromatic rings. The van der Waals surface area contributed by atoms with Crippen LogP contribution in [0.1, 0.15) is 13.3 Å². The summed E-state index contributed by atoms with van der Waals surface area (Å²) in [5.74, 6) is -0.230. The zero-order chi connectivity index (χ0) is 7.98. The molecule has 4 nitrogen and oxygen atoms in total. The summed E-state index contributed by atoms with van der Waals surface area (Å²) in [6.07, 6.45) is 0.831. The number of rotatable bonds is 4. The van der Waals surface area contributed by atoms with Crippen LogP contribution in [0.15, 0.2) is 0 Å². The first-order chi connectivity index (χ1) is 4.74. The lowest BCUT2D eigenvalue weighted by atomic mass is 10.3. The van der Waals surface area contributed by atoms with Crippen molar-refractivity contribution in [2.24, 2.45) is 0 Å². The summed E-state index contributed by atoms with van der Waals surface area (Å²) < 4.78 is 0. The van der Waals surface area contributed by atoms with E-state index in [2.05, 4.69) is 5.32 Å². The van der Waals surface area contributed by atoms with E-state index < -0.39 is 6.04 Å². The molecule has 0 heterocycles. The van der Waals surface area contributed by atoms with Gasteiger partial charge in [-0.05, 0) is 0 Å². The standard InChI is InChI=1S/C6H11NO3/c1-2-6(10)7-5(3-8)4-9/h3,5,9H,2,4H2,1H3,(H,7,10). The molecule has 1 atom stereocenters. The van der Waals surface area contributed by atoms with Gasteiger partial charge in [0.15, 0.2) is 0 Å². The Balaban J connectivity index is 3.62. The van der Waals surface area contributed by atoms with Crippen LogP contribution in [0.5, 0.6) is 0 Å². The Morgan fingerprint density at radius 3 is 2.70 bits per heavy atom. The van der Waals surface area contributed by atoms with Gasteiger partial charge in [-0.3, -0.25) is 4.79 Å². The van der Waals surface area contributed by atoms with Gasteiger partial charge in [-0.15, -0.1) is 0 Å². The Morgan fingerprint density at radius 1 is 1.80 bits per heavy atom. The van der Waals surface area contributed by atoms with E-state index in [9.17, 15) is 9.59 Å². The predicted octanol–water partition coefficient (Wildman–Crippen LogP) is -0.928. The molecule has 0 spiro atoms. The molecule has 0 bridgehead atoms. The fourth-order valence-electron chi connectivity index (χ4n) is 0.432. The molecule has 0 aliphatic heterocycles. The normalized spacial score (nSPS) is 12.2. The molecular formula is C6H11NO3. The smallest absolute Gasteiger partial charge is 0.220 e. The average molecular weight is 145 g/mol. The van der Waals surface area contributed by atoms with Crippen molar-refractivity contribution in [3.05, 3.63) is 0 Å². The van der Waals surface area contributed by atoms with E-state index in [0.717, 1.165) is 0 Å². The largest absolute Gasteiger partial charge is 0.394 e. The van der Waals surface area contributed by atoms with Crippen LogP contribution in [0, 0.1) is 0 Å². The van der Waals surface area contributed by atoms with E-state index in [1.807, 2.05) is 0 Å². The number of aliphatic hydroxyl groups excluding tert-OH is 1. The third-order valence-corrected chi connectivity index (χ3v) is 1.03. The third-order valence-electron chi connectivity index (χ3n) is 1.03. The first-order valence-electron chi connectivity index (χ1n) is 3.10. The highest BCUT2D eigenvalue weighted by Gasteiger charge is 2.06. The monoisotopic (exact) mass is 145 g/mol. The molecule has 1 amide bonds. The van der Waals surface area contributed by atoms with Crippen LogP contribution in [0.25, 0.3) is 0 Å². The van der Waals surface area contributed by atoms with Crippen molar-refractivity contribution in [1.29, 1.82) is 0 Å². The molecule has 58 valence electrons. The molecule has 0 aliphatic carbocycles. The minimum Gasteiger partial charge on any atom is -0.394 e. The second-order valence-corrected chi connectivity index (χ2v) is 1.85. The van der Waals surface area contributed by atoms with E-state index >= 15 is 0 Å². The molecule has 0 saturated carbocycles. The molecule has 0 rings (SSSR count). The SMILES string of the molecule is CCC(=O)NC(C=O)CO. The summed E-state index contributed by atoms with van der Waals surface area (Å²) in [6.45, 7) is 1.34. The van der Waals surface area contributed by atoms with Gasteiger partial charge in [0.25, 0.3) is 0 Å². The Kier molecular flexibility index (Phi) is 4.49. The number of carbonyl (C=O) groups is 2. The van der Waals surface area contributed by atoms with Gasteiger partial charge in [-0.25, -0.2) is 0 Å². The van der Waals surface area contributed by atoms with Crippen molar-refractivity contribution >= 4 is 12.2 Å². The fraction of sp³-hybridized carbons (Fsp3) is 0.667. The van der Waals surface area contributed by atoms with E-state index in [4.69, 9.17) is 5.11 Å². The lowest BCUT2D eigenvalue weighted by Crippen LogP contribution is -2.38.